The number of rotatable bonds is 20. The number of fused-ring (bicyclic) bond motifs is 2. The molecule has 0 aromatic carbocycles. The number of aliphatic hydroxyl groups excluding tert-OH is 4. The van der Waals surface area contributed by atoms with E-state index >= 15 is 0 Å². The third-order valence-electron chi connectivity index (χ3n) is 9.38. The minimum absolute atomic E-state index is 0.0991. The number of aliphatic hydroxyl groups is 4. The maximum Gasteiger partial charge on any atom is 0.177 e. The van der Waals surface area contributed by atoms with E-state index < -0.39 is 48.8 Å². The lowest BCUT2D eigenvalue weighted by Gasteiger charge is -2.54. The molecule has 13 atom stereocenters. The van der Waals surface area contributed by atoms with Crippen LogP contribution < -0.4 is 0 Å². The fourth-order valence-electron chi connectivity index (χ4n) is 6.66. The lowest BCUT2D eigenvalue weighted by Crippen LogP contribution is -2.55. The minimum atomic E-state index is -1.32. The molecule has 2 bridgehead atoms. The smallest absolute Gasteiger partial charge is 0.177 e. The Kier molecular flexibility index (Phi) is 9.97. The molecule has 1 saturated carbocycles. The molecule has 12 heteroatoms. The van der Waals surface area contributed by atoms with Gasteiger partial charge in [0.1, 0.15) is 0 Å². The van der Waals surface area contributed by atoms with Gasteiger partial charge < -0.3 is 58.3 Å². The molecule has 4 N–H and O–H groups in total. The standard InChI is InChI=1S/C29H46O12/c1-15(21-14-40-21)10-41-29(33)25-20-3-2-19(24(25)28(32)36-9-6-18-13-39-18)22(26(30)34-7-4-16-11-37-16)23(20)27(31)35-8-5-17-12-38-17/h15-23,26-33H,2-14H2,1H3/t15-,16?,17?,18?,19?,20?,21?,22?,23?,26?,27?,28?,29?/m0/s1. The van der Waals surface area contributed by atoms with E-state index in [1.807, 2.05) is 6.92 Å². The van der Waals surface area contributed by atoms with Crippen molar-refractivity contribution < 1.29 is 58.3 Å². The molecule has 0 spiro atoms. The summed E-state index contributed by atoms with van der Waals surface area (Å²) in [7, 11) is 0. The second kappa shape index (κ2) is 13.5. The largest absolute Gasteiger partial charge is 0.373 e. The number of hydrogen-bond acceptors (Lipinski definition) is 12. The number of ether oxygens (including phenoxy) is 8. The van der Waals surface area contributed by atoms with Gasteiger partial charge in [-0.05, 0) is 55.1 Å². The van der Waals surface area contributed by atoms with E-state index in [1.54, 1.807) is 0 Å². The summed E-state index contributed by atoms with van der Waals surface area (Å²) in [5.41, 5.74) is 1.02. The molecule has 4 saturated heterocycles. The van der Waals surface area contributed by atoms with Gasteiger partial charge in [-0.25, -0.2) is 0 Å². The van der Waals surface area contributed by atoms with E-state index in [1.165, 1.54) is 0 Å². The number of epoxide rings is 4. The first-order valence-corrected chi connectivity index (χ1v) is 15.3. The van der Waals surface area contributed by atoms with Crippen LogP contribution in [0.25, 0.3) is 0 Å². The Morgan fingerprint density at radius 2 is 1.05 bits per heavy atom. The van der Waals surface area contributed by atoms with Crippen molar-refractivity contribution in [1.82, 2.24) is 0 Å². The predicted molar refractivity (Wildman–Crippen MR) is 140 cm³/mol. The van der Waals surface area contributed by atoms with E-state index in [2.05, 4.69) is 0 Å². The zero-order valence-electron chi connectivity index (χ0n) is 23.8. The van der Waals surface area contributed by atoms with Crippen molar-refractivity contribution in [3.63, 3.8) is 0 Å². The molecular formula is C29H46O12. The molecule has 3 aliphatic carbocycles. The van der Waals surface area contributed by atoms with Gasteiger partial charge >= 0.3 is 0 Å². The van der Waals surface area contributed by atoms with Crippen LogP contribution in [0, 0.1) is 29.6 Å². The normalized spacial score (nSPS) is 38.9. The molecule has 0 radical (unpaired) electrons. The van der Waals surface area contributed by atoms with Gasteiger partial charge in [-0.1, -0.05) is 6.92 Å². The summed E-state index contributed by atoms with van der Waals surface area (Å²) in [6, 6.07) is 0. The van der Waals surface area contributed by atoms with Crippen LogP contribution in [0.4, 0.5) is 0 Å². The summed E-state index contributed by atoms with van der Waals surface area (Å²) in [4.78, 5) is 0. The highest BCUT2D eigenvalue weighted by Crippen LogP contribution is 2.56. The summed E-state index contributed by atoms with van der Waals surface area (Å²) in [6.45, 7) is 5.95. The average molecular weight is 587 g/mol. The third kappa shape index (κ3) is 7.86. The lowest BCUT2D eigenvalue weighted by molar-refractivity contribution is -0.238. The van der Waals surface area contributed by atoms with Gasteiger partial charge in [-0.15, -0.1) is 0 Å². The van der Waals surface area contributed by atoms with Crippen LogP contribution in [0.3, 0.4) is 0 Å². The summed E-state index contributed by atoms with van der Waals surface area (Å²) in [5.74, 6) is -1.93. The Bertz CT molecular complexity index is 885. The van der Waals surface area contributed by atoms with Crippen LogP contribution >= 0.6 is 0 Å². The van der Waals surface area contributed by atoms with Gasteiger partial charge in [0.15, 0.2) is 25.2 Å². The summed E-state index contributed by atoms with van der Waals surface area (Å²) >= 11 is 0. The predicted octanol–water partition coefficient (Wildman–Crippen LogP) is 0.297. The molecule has 0 aromatic rings. The molecule has 12 nitrogen and oxygen atoms in total. The lowest BCUT2D eigenvalue weighted by atomic mass is 9.55. The fourth-order valence-corrected chi connectivity index (χ4v) is 6.66. The Hall–Kier alpha value is -0.740. The maximum atomic E-state index is 11.4. The molecule has 41 heavy (non-hydrogen) atoms. The third-order valence-corrected chi connectivity index (χ3v) is 9.38. The van der Waals surface area contributed by atoms with Crippen LogP contribution in [0.5, 0.6) is 0 Å². The average Bonchev–Trinajstić information content (AvgIpc) is 3.76. The second-order valence-electron chi connectivity index (χ2n) is 12.4. The van der Waals surface area contributed by atoms with E-state index in [0.29, 0.717) is 82.9 Å². The van der Waals surface area contributed by atoms with Crippen molar-refractivity contribution in [3.05, 3.63) is 11.1 Å². The van der Waals surface area contributed by atoms with Crippen molar-refractivity contribution in [2.75, 3.05) is 52.9 Å². The Labute approximate surface area is 240 Å². The molecule has 234 valence electrons. The molecular weight excluding hydrogens is 540 g/mol. The van der Waals surface area contributed by atoms with E-state index in [-0.39, 0.29) is 43.5 Å². The van der Waals surface area contributed by atoms with Crippen molar-refractivity contribution >= 4 is 0 Å². The van der Waals surface area contributed by atoms with Crippen LogP contribution in [0.15, 0.2) is 11.1 Å². The molecule has 4 aliphatic heterocycles. The highest BCUT2D eigenvalue weighted by molar-refractivity contribution is 5.33. The monoisotopic (exact) mass is 586 g/mol. The highest BCUT2D eigenvalue weighted by Gasteiger charge is 2.56. The van der Waals surface area contributed by atoms with Gasteiger partial charge in [0.05, 0.1) is 77.3 Å². The van der Waals surface area contributed by atoms with Crippen molar-refractivity contribution in [2.45, 2.75) is 88.6 Å². The van der Waals surface area contributed by atoms with E-state index in [0.717, 1.165) is 0 Å². The van der Waals surface area contributed by atoms with E-state index in [9.17, 15) is 20.4 Å². The molecule has 4 heterocycles. The van der Waals surface area contributed by atoms with Crippen molar-refractivity contribution in [2.24, 2.45) is 29.6 Å². The van der Waals surface area contributed by atoms with Gasteiger partial charge in [0, 0.05) is 17.8 Å². The molecule has 5 fully saturated rings. The van der Waals surface area contributed by atoms with Crippen molar-refractivity contribution in [1.29, 1.82) is 0 Å². The maximum absolute atomic E-state index is 11.4. The second-order valence-corrected chi connectivity index (χ2v) is 12.4. The zero-order chi connectivity index (χ0) is 28.5. The quantitative estimate of drug-likeness (QED) is 0.0876. The molecule has 7 aliphatic rings. The summed E-state index contributed by atoms with van der Waals surface area (Å²) in [5, 5.41) is 45.6. The summed E-state index contributed by atoms with van der Waals surface area (Å²) in [6.07, 6.45) is -1.23. The topological polar surface area (TPSA) is 168 Å². The van der Waals surface area contributed by atoms with Crippen LogP contribution in [0.1, 0.15) is 39.0 Å². The fraction of sp³-hybridized carbons (Fsp3) is 0.931. The Morgan fingerprint density at radius 3 is 1.46 bits per heavy atom. The molecule has 0 amide bonds. The van der Waals surface area contributed by atoms with Gasteiger partial charge in [0.25, 0.3) is 0 Å². The Morgan fingerprint density at radius 1 is 0.634 bits per heavy atom. The summed E-state index contributed by atoms with van der Waals surface area (Å²) < 4.78 is 44.8. The molecule has 7 rings (SSSR count). The molecule has 0 aromatic heterocycles. The minimum Gasteiger partial charge on any atom is -0.373 e. The zero-order valence-corrected chi connectivity index (χ0v) is 23.8. The van der Waals surface area contributed by atoms with E-state index in [4.69, 9.17) is 37.9 Å². The SMILES string of the molecule is C[C@@H](COC(O)C1=C(C(O)OCCC2CO2)C2CCC1C(C(O)OCCC1CO1)C2C(O)OCCC1CO1)C1CO1. The highest BCUT2D eigenvalue weighted by atomic mass is 16.6. The first-order chi connectivity index (χ1) is 19.9. The van der Waals surface area contributed by atoms with Crippen LogP contribution in [0.2, 0.25) is 0 Å². The van der Waals surface area contributed by atoms with Crippen LogP contribution in [-0.4, -0.2) is 123 Å². The first-order valence-electron chi connectivity index (χ1n) is 15.3. The van der Waals surface area contributed by atoms with Gasteiger partial charge in [0.2, 0.25) is 0 Å². The van der Waals surface area contributed by atoms with Crippen molar-refractivity contribution in [3.8, 4) is 0 Å². The first kappa shape index (κ1) is 30.3. The van der Waals surface area contributed by atoms with Gasteiger partial charge in [-0.3, -0.25) is 0 Å². The van der Waals surface area contributed by atoms with Gasteiger partial charge in [-0.2, -0.15) is 0 Å². The number of hydrogen-bond donors (Lipinski definition) is 4. The van der Waals surface area contributed by atoms with Crippen LogP contribution in [-0.2, 0) is 37.9 Å². The molecule has 12 unspecified atom stereocenters. The Balaban J connectivity index is 1.23.